The molecule has 0 radical (unpaired) electrons. The second-order valence-corrected chi connectivity index (χ2v) is 8.03. The summed E-state index contributed by atoms with van der Waals surface area (Å²) < 4.78 is 6.14. The highest BCUT2D eigenvalue weighted by molar-refractivity contribution is 5.92. The van der Waals surface area contributed by atoms with E-state index in [1.807, 2.05) is 6.92 Å². The Labute approximate surface area is 166 Å². The number of aryl methyl sites for hydroxylation is 2. The SMILES string of the molecule is Cc1cc(C)c(-c2cc(N3CCCCC3)c(C#N)c3c2Cc2ccccc2-3)o1. The molecule has 1 aliphatic carbocycles. The highest BCUT2D eigenvalue weighted by atomic mass is 16.3. The predicted octanol–water partition coefficient (Wildman–Crippen LogP) is 6.00. The van der Waals surface area contributed by atoms with Gasteiger partial charge in [0.15, 0.2) is 0 Å². The molecule has 5 rings (SSSR count). The molecule has 0 N–H and O–H groups in total. The maximum atomic E-state index is 10.2. The molecule has 3 nitrogen and oxygen atoms in total. The third kappa shape index (κ3) is 2.56. The molecule has 1 aromatic heterocycles. The first-order valence-corrected chi connectivity index (χ1v) is 10.2. The van der Waals surface area contributed by atoms with Crippen LogP contribution in [0.5, 0.6) is 0 Å². The van der Waals surface area contributed by atoms with Gasteiger partial charge in [-0.3, -0.25) is 0 Å². The van der Waals surface area contributed by atoms with E-state index >= 15 is 0 Å². The van der Waals surface area contributed by atoms with Crippen LogP contribution in [0.1, 0.15) is 47.3 Å². The molecule has 2 aromatic carbocycles. The number of rotatable bonds is 2. The lowest BCUT2D eigenvalue weighted by atomic mass is 9.91. The summed E-state index contributed by atoms with van der Waals surface area (Å²) >= 11 is 0. The Morgan fingerprint density at radius 2 is 1.79 bits per heavy atom. The van der Waals surface area contributed by atoms with E-state index in [-0.39, 0.29) is 0 Å². The first-order valence-electron chi connectivity index (χ1n) is 10.2. The number of nitrogens with zero attached hydrogens (tertiary/aromatic N) is 2. The third-order valence-electron chi connectivity index (χ3n) is 6.16. The van der Waals surface area contributed by atoms with Gasteiger partial charge in [0.1, 0.15) is 17.6 Å². The zero-order valence-electron chi connectivity index (χ0n) is 16.5. The Balaban J connectivity index is 1.82. The summed E-state index contributed by atoms with van der Waals surface area (Å²) in [6.07, 6.45) is 4.50. The topological polar surface area (TPSA) is 40.2 Å². The fourth-order valence-electron chi connectivity index (χ4n) is 4.91. The molecule has 0 saturated carbocycles. The molecule has 1 fully saturated rings. The summed E-state index contributed by atoms with van der Waals surface area (Å²) in [4.78, 5) is 2.40. The van der Waals surface area contributed by atoms with Gasteiger partial charge in [0, 0.05) is 24.2 Å². The van der Waals surface area contributed by atoms with E-state index in [0.29, 0.717) is 0 Å². The molecular weight excluding hydrogens is 344 g/mol. The van der Waals surface area contributed by atoms with Crippen molar-refractivity contribution in [3.8, 4) is 28.5 Å². The molecule has 1 aliphatic heterocycles. The van der Waals surface area contributed by atoms with E-state index in [2.05, 4.69) is 54.3 Å². The Morgan fingerprint density at radius 3 is 2.50 bits per heavy atom. The molecule has 0 spiro atoms. The van der Waals surface area contributed by atoms with E-state index in [1.54, 1.807) is 0 Å². The average molecular weight is 368 g/mol. The summed E-state index contributed by atoms with van der Waals surface area (Å²) in [6.45, 7) is 6.15. The first kappa shape index (κ1) is 17.1. The van der Waals surface area contributed by atoms with Crippen LogP contribution in [0, 0.1) is 25.2 Å². The van der Waals surface area contributed by atoms with Crippen molar-refractivity contribution in [3.05, 3.63) is 64.4 Å². The van der Waals surface area contributed by atoms with Crippen LogP contribution >= 0.6 is 0 Å². The van der Waals surface area contributed by atoms with E-state index in [4.69, 9.17) is 4.42 Å². The molecule has 0 unspecified atom stereocenters. The molecule has 2 aliphatic rings. The number of benzene rings is 2. The molecule has 0 bridgehead atoms. The molecule has 3 aromatic rings. The molecule has 0 amide bonds. The Hall–Kier alpha value is -2.99. The number of piperidine rings is 1. The largest absolute Gasteiger partial charge is 0.461 e. The van der Waals surface area contributed by atoms with Crippen molar-refractivity contribution >= 4 is 5.69 Å². The average Bonchev–Trinajstić information content (AvgIpc) is 3.27. The number of fused-ring (bicyclic) bond motifs is 3. The molecular formula is C25H24N2O. The summed E-state index contributed by atoms with van der Waals surface area (Å²) in [5.74, 6) is 1.88. The quantitative estimate of drug-likeness (QED) is 0.436. The van der Waals surface area contributed by atoms with Crippen LogP contribution in [0.25, 0.3) is 22.5 Å². The van der Waals surface area contributed by atoms with Crippen molar-refractivity contribution in [2.24, 2.45) is 0 Å². The number of anilines is 1. The van der Waals surface area contributed by atoms with Crippen molar-refractivity contribution in [3.63, 3.8) is 0 Å². The van der Waals surface area contributed by atoms with E-state index in [0.717, 1.165) is 59.0 Å². The minimum absolute atomic E-state index is 0.825. The summed E-state index contributed by atoms with van der Waals surface area (Å²) in [5.41, 5.74) is 9.05. The lowest BCUT2D eigenvalue weighted by Gasteiger charge is -2.31. The normalized spacial score (nSPS) is 15.2. The molecule has 140 valence electrons. The van der Waals surface area contributed by atoms with Gasteiger partial charge in [0.05, 0.1) is 11.3 Å². The van der Waals surface area contributed by atoms with Gasteiger partial charge in [-0.05, 0) is 73.9 Å². The van der Waals surface area contributed by atoms with Crippen LogP contribution in [0.15, 0.2) is 40.8 Å². The third-order valence-corrected chi connectivity index (χ3v) is 6.16. The minimum atomic E-state index is 0.825. The lowest BCUT2D eigenvalue weighted by molar-refractivity contribution is 0.546. The van der Waals surface area contributed by atoms with Gasteiger partial charge >= 0.3 is 0 Å². The molecule has 0 atom stereocenters. The standard InChI is InChI=1S/C25H24N2O/c1-16-12-17(2)28-25(16)21-14-23(27-10-6-3-7-11-27)22(15-26)24-19-9-5-4-8-18(19)13-20(21)24/h4-5,8-9,12,14H,3,6-7,10-11,13H2,1-2H3. The van der Waals surface area contributed by atoms with Gasteiger partial charge in [-0.25, -0.2) is 0 Å². The molecule has 2 heterocycles. The van der Waals surface area contributed by atoms with E-state index < -0.39 is 0 Å². The summed E-state index contributed by atoms with van der Waals surface area (Å²) in [6, 6.07) is 15.4. The second-order valence-electron chi connectivity index (χ2n) is 8.03. The number of hydrogen-bond donors (Lipinski definition) is 0. The number of furan rings is 1. The monoisotopic (exact) mass is 368 g/mol. The summed E-state index contributed by atoms with van der Waals surface area (Å²) in [7, 11) is 0. The van der Waals surface area contributed by atoms with Gasteiger partial charge in [-0.15, -0.1) is 0 Å². The summed E-state index contributed by atoms with van der Waals surface area (Å²) in [5, 5.41) is 10.2. The van der Waals surface area contributed by atoms with Crippen LogP contribution in [-0.2, 0) is 6.42 Å². The van der Waals surface area contributed by atoms with Crippen molar-refractivity contribution in [2.45, 2.75) is 39.5 Å². The molecule has 28 heavy (non-hydrogen) atoms. The van der Waals surface area contributed by atoms with Gasteiger partial charge in [0.25, 0.3) is 0 Å². The highest BCUT2D eigenvalue weighted by Crippen LogP contribution is 2.48. The van der Waals surface area contributed by atoms with Crippen molar-refractivity contribution in [1.29, 1.82) is 5.26 Å². The fraction of sp³-hybridized carbons (Fsp3) is 0.320. The van der Waals surface area contributed by atoms with Gasteiger partial charge in [0.2, 0.25) is 0 Å². The Kier molecular flexibility index (Phi) is 4.02. The van der Waals surface area contributed by atoms with Crippen molar-refractivity contribution < 1.29 is 4.42 Å². The van der Waals surface area contributed by atoms with E-state index in [1.165, 1.54) is 36.0 Å². The number of hydrogen-bond acceptors (Lipinski definition) is 3. The van der Waals surface area contributed by atoms with Crippen LogP contribution in [0.3, 0.4) is 0 Å². The smallest absolute Gasteiger partial charge is 0.137 e. The fourth-order valence-corrected chi connectivity index (χ4v) is 4.91. The minimum Gasteiger partial charge on any atom is -0.461 e. The zero-order chi connectivity index (χ0) is 19.3. The lowest BCUT2D eigenvalue weighted by Crippen LogP contribution is -2.30. The van der Waals surface area contributed by atoms with Gasteiger partial charge in [-0.2, -0.15) is 5.26 Å². The first-order chi connectivity index (χ1) is 13.7. The van der Waals surface area contributed by atoms with Gasteiger partial charge in [-0.1, -0.05) is 24.3 Å². The molecule has 1 saturated heterocycles. The van der Waals surface area contributed by atoms with Crippen LogP contribution in [0.2, 0.25) is 0 Å². The predicted molar refractivity (Wildman–Crippen MR) is 113 cm³/mol. The van der Waals surface area contributed by atoms with Crippen molar-refractivity contribution in [1.82, 2.24) is 0 Å². The van der Waals surface area contributed by atoms with Crippen LogP contribution in [-0.4, -0.2) is 13.1 Å². The Morgan fingerprint density at radius 1 is 1.00 bits per heavy atom. The van der Waals surface area contributed by atoms with Crippen LogP contribution < -0.4 is 4.90 Å². The maximum absolute atomic E-state index is 10.2. The highest BCUT2D eigenvalue weighted by Gasteiger charge is 2.30. The maximum Gasteiger partial charge on any atom is 0.137 e. The van der Waals surface area contributed by atoms with Crippen LogP contribution in [0.4, 0.5) is 5.69 Å². The molecule has 3 heteroatoms. The second kappa shape index (κ2) is 6.56. The number of nitriles is 1. The zero-order valence-corrected chi connectivity index (χ0v) is 16.5. The van der Waals surface area contributed by atoms with Gasteiger partial charge < -0.3 is 9.32 Å². The Bertz CT molecular complexity index is 1110. The van der Waals surface area contributed by atoms with Crippen molar-refractivity contribution in [2.75, 3.05) is 18.0 Å². The van der Waals surface area contributed by atoms with E-state index in [9.17, 15) is 5.26 Å².